The molecule has 1 unspecified atom stereocenters. The summed E-state index contributed by atoms with van der Waals surface area (Å²) in [5.41, 5.74) is 0.869. The molecule has 0 aromatic heterocycles. The number of hydrogen-bond donors (Lipinski definition) is 0. The van der Waals surface area contributed by atoms with E-state index in [9.17, 15) is 26.7 Å². The minimum atomic E-state index is -4.52. The Balaban J connectivity index is 2.10. The first-order chi connectivity index (χ1) is 16.6. The zero-order chi connectivity index (χ0) is 25.6. The van der Waals surface area contributed by atoms with Gasteiger partial charge in [-0.25, -0.2) is 8.78 Å². The van der Waals surface area contributed by atoms with Crippen molar-refractivity contribution in [2.75, 3.05) is 19.9 Å². The summed E-state index contributed by atoms with van der Waals surface area (Å²) in [6.45, 7) is 0.654. The van der Waals surface area contributed by atoms with E-state index in [0.717, 1.165) is 12.1 Å². The molecule has 0 aliphatic heterocycles. The Morgan fingerprint density at radius 2 is 1.69 bits per heavy atom. The van der Waals surface area contributed by atoms with Crippen LogP contribution in [0.1, 0.15) is 29.5 Å². The van der Waals surface area contributed by atoms with Crippen LogP contribution in [0.3, 0.4) is 0 Å². The Hall–Kier alpha value is -3.13. The molecule has 0 N–H and O–H groups in total. The van der Waals surface area contributed by atoms with Crippen molar-refractivity contribution < 1.29 is 36.2 Å². The van der Waals surface area contributed by atoms with Gasteiger partial charge in [-0.1, -0.05) is 35.9 Å². The Kier molecular flexibility index (Phi) is 8.72. The highest BCUT2D eigenvalue weighted by molar-refractivity contribution is 6.32. The Labute approximate surface area is 204 Å². The number of benzene rings is 3. The molecule has 35 heavy (non-hydrogen) atoms. The minimum Gasteiger partial charge on any atom is -0.489 e. The van der Waals surface area contributed by atoms with Gasteiger partial charge in [-0.3, -0.25) is 4.79 Å². The van der Waals surface area contributed by atoms with Gasteiger partial charge in [0.15, 0.2) is 0 Å². The number of alkyl halides is 4. The van der Waals surface area contributed by atoms with Crippen LogP contribution in [-0.4, -0.2) is 25.9 Å². The summed E-state index contributed by atoms with van der Waals surface area (Å²) in [4.78, 5) is 12.8. The van der Waals surface area contributed by atoms with Crippen molar-refractivity contribution in [3.05, 3.63) is 88.2 Å². The van der Waals surface area contributed by atoms with E-state index in [4.69, 9.17) is 21.1 Å². The molecule has 0 aliphatic rings. The van der Waals surface area contributed by atoms with Gasteiger partial charge in [0.05, 0.1) is 23.1 Å². The summed E-state index contributed by atoms with van der Waals surface area (Å²) in [5, 5.41) is 0.0549. The molecule has 3 aromatic rings. The highest BCUT2D eigenvalue weighted by Crippen LogP contribution is 2.41. The SMILES string of the molecule is CCOC(=O)C(Cc1ccc(F)cc1)c1cc(Cl)c(OCCF)c(-c2ccc(C(F)(F)F)cc2)c1. The van der Waals surface area contributed by atoms with Gasteiger partial charge in [-0.15, -0.1) is 0 Å². The predicted molar refractivity (Wildman–Crippen MR) is 123 cm³/mol. The highest BCUT2D eigenvalue weighted by atomic mass is 35.5. The standard InChI is InChI=1S/C26H22ClF5O3/c1-2-34-25(33)22(13-16-3-9-20(29)10-4-16)18-14-21(24(23(27)15-18)35-12-11-28)17-5-7-19(8-6-17)26(30,31)32/h3-10,14-15,22H,2,11-13H2,1H3. The van der Waals surface area contributed by atoms with Crippen molar-refractivity contribution >= 4 is 17.6 Å². The predicted octanol–water partition coefficient (Wildman–Crippen LogP) is 7.40. The molecule has 3 nitrogen and oxygen atoms in total. The van der Waals surface area contributed by atoms with E-state index < -0.39 is 36.1 Å². The molecule has 3 aromatic carbocycles. The van der Waals surface area contributed by atoms with E-state index in [0.29, 0.717) is 22.3 Å². The van der Waals surface area contributed by atoms with Crippen molar-refractivity contribution in [1.29, 1.82) is 0 Å². The number of carbonyl (C=O) groups is 1. The number of carbonyl (C=O) groups excluding carboxylic acids is 1. The molecule has 186 valence electrons. The van der Waals surface area contributed by atoms with E-state index in [1.807, 2.05) is 0 Å². The number of hydrogen-bond acceptors (Lipinski definition) is 3. The van der Waals surface area contributed by atoms with Gasteiger partial charge in [-0.05, 0) is 66.4 Å². The largest absolute Gasteiger partial charge is 0.489 e. The normalized spacial score (nSPS) is 12.3. The molecule has 0 fully saturated rings. The topological polar surface area (TPSA) is 35.5 Å². The lowest BCUT2D eigenvalue weighted by Crippen LogP contribution is -2.19. The van der Waals surface area contributed by atoms with Gasteiger partial charge in [0.2, 0.25) is 0 Å². The van der Waals surface area contributed by atoms with Crippen molar-refractivity contribution in [3.63, 3.8) is 0 Å². The van der Waals surface area contributed by atoms with Crippen LogP contribution in [0.15, 0.2) is 60.7 Å². The smallest absolute Gasteiger partial charge is 0.416 e. The summed E-state index contributed by atoms with van der Waals surface area (Å²) in [6.07, 6.45) is -4.36. The molecular formula is C26H22ClF5O3. The van der Waals surface area contributed by atoms with Crippen LogP contribution in [0, 0.1) is 5.82 Å². The summed E-state index contributed by atoms with van der Waals surface area (Å²) < 4.78 is 75.9. The lowest BCUT2D eigenvalue weighted by Gasteiger charge is -2.20. The van der Waals surface area contributed by atoms with Crippen LogP contribution >= 0.6 is 11.6 Å². The second kappa shape index (κ2) is 11.5. The van der Waals surface area contributed by atoms with Crippen LogP contribution in [0.2, 0.25) is 5.02 Å². The van der Waals surface area contributed by atoms with Crippen molar-refractivity contribution in [2.24, 2.45) is 0 Å². The number of esters is 1. The Morgan fingerprint density at radius 3 is 2.26 bits per heavy atom. The lowest BCUT2D eigenvalue weighted by atomic mass is 9.89. The van der Waals surface area contributed by atoms with Gasteiger partial charge in [0.25, 0.3) is 0 Å². The molecule has 0 bridgehead atoms. The van der Waals surface area contributed by atoms with Crippen LogP contribution in [-0.2, 0) is 22.1 Å². The number of ether oxygens (including phenoxy) is 2. The quantitative estimate of drug-likeness (QED) is 0.221. The first kappa shape index (κ1) is 26.5. The summed E-state index contributed by atoms with van der Waals surface area (Å²) in [7, 11) is 0. The Morgan fingerprint density at radius 1 is 1.03 bits per heavy atom. The van der Waals surface area contributed by atoms with E-state index in [1.165, 1.54) is 30.3 Å². The molecule has 0 heterocycles. The van der Waals surface area contributed by atoms with Gasteiger partial charge >= 0.3 is 12.1 Å². The third-order valence-corrected chi connectivity index (χ3v) is 5.52. The second-order valence-corrected chi connectivity index (χ2v) is 8.03. The molecule has 0 spiro atoms. The maximum atomic E-state index is 13.3. The average molecular weight is 513 g/mol. The third kappa shape index (κ3) is 6.72. The van der Waals surface area contributed by atoms with Gasteiger partial charge in [0, 0.05) is 5.56 Å². The first-order valence-corrected chi connectivity index (χ1v) is 11.1. The second-order valence-electron chi connectivity index (χ2n) is 7.63. The monoisotopic (exact) mass is 512 g/mol. The van der Waals surface area contributed by atoms with E-state index in [2.05, 4.69) is 0 Å². The van der Waals surface area contributed by atoms with Gasteiger partial charge in [-0.2, -0.15) is 13.2 Å². The molecule has 0 saturated carbocycles. The van der Waals surface area contributed by atoms with Gasteiger partial charge in [0.1, 0.15) is 24.8 Å². The van der Waals surface area contributed by atoms with E-state index in [1.54, 1.807) is 25.1 Å². The zero-order valence-corrected chi connectivity index (χ0v) is 19.4. The zero-order valence-electron chi connectivity index (χ0n) is 18.7. The molecule has 3 rings (SSSR count). The maximum Gasteiger partial charge on any atom is 0.416 e. The molecule has 0 amide bonds. The van der Waals surface area contributed by atoms with Crippen LogP contribution in [0.25, 0.3) is 11.1 Å². The molecular weight excluding hydrogens is 491 g/mol. The number of halogens is 6. The number of rotatable bonds is 9. The van der Waals surface area contributed by atoms with Crippen LogP contribution < -0.4 is 4.74 Å². The summed E-state index contributed by atoms with van der Waals surface area (Å²) in [6, 6.07) is 13.0. The van der Waals surface area contributed by atoms with E-state index in [-0.39, 0.29) is 30.4 Å². The van der Waals surface area contributed by atoms with Crippen molar-refractivity contribution in [3.8, 4) is 16.9 Å². The summed E-state index contributed by atoms with van der Waals surface area (Å²) in [5.74, 6) is -1.74. The van der Waals surface area contributed by atoms with Gasteiger partial charge < -0.3 is 9.47 Å². The average Bonchev–Trinajstić information content (AvgIpc) is 2.82. The summed E-state index contributed by atoms with van der Waals surface area (Å²) >= 11 is 6.44. The molecule has 0 radical (unpaired) electrons. The van der Waals surface area contributed by atoms with Crippen molar-refractivity contribution in [2.45, 2.75) is 25.4 Å². The lowest BCUT2D eigenvalue weighted by molar-refractivity contribution is -0.145. The molecule has 0 aliphatic carbocycles. The third-order valence-electron chi connectivity index (χ3n) is 5.24. The van der Waals surface area contributed by atoms with E-state index >= 15 is 0 Å². The maximum absolute atomic E-state index is 13.3. The first-order valence-electron chi connectivity index (χ1n) is 10.7. The highest BCUT2D eigenvalue weighted by Gasteiger charge is 2.30. The fraction of sp³-hybridized carbons (Fsp3) is 0.269. The fourth-order valence-electron chi connectivity index (χ4n) is 3.59. The molecule has 1 atom stereocenters. The van der Waals surface area contributed by atoms with Crippen LogP contribution in [0.5, 0.6) is 5.75 Å². The fourth-order valence-corrected chi connectivity index (χ4v) is 3.87. The Bertz CT molecular complexity index is 1150. The van der Waals surface area contributed by atoms with Crippen molar-refractivity contribution in [1.82, 2.24) is 0 Å². The van der Waals surface area contributed by atoms with Crippen LogP contribution in [0.4, 0.5) is 22.0 Å². The molecule has 9 heteroatoms. The molecule has 0 saturated heterocycles. The minimum absolute atomic E-state index is 0.0549.